The first kappa shape index (κ1) is 15.2. The van der Waals surface area contributed by atoms with Gasteiger partial charge < -0.3 is 5.32 Å². The first-order chi connectivity index (χ1) is 11.1. The highest BCUT2D eigenvalue weighted by Gasteiger charge is 2.11. The van der Waals surface area contributed by atoms with Gasteiger partial charge in [0, 0.05) is 6.54 Å². The third-order valence-corrected chi connectivity index (χ3v) is 3.36. The number of hydrogen-bond donors (Lipinski definition) is 1. The van der Waals surface area contributed by atoms with E-state index in [-0.39, 0.29) is 29.7 Å². The topological polar surface area (TPSA) is 37.8 Å². The van der Waals surface area contributed by atoms with Crippen LogP contribution in [0.5, 0.6) is 0 Å². The largest absolute Gasteiger partial charge is 0.369 e. The van der Waals surface area contributed by atoms with E-state index in [1.807, 2.05) is 0 Å². The van der Waals surface area contributed by atoms with Crippen LogP contribution in [-0.4, -0.2) is 16.5 Å². The van der Waals surface area contributed by atoms with Crippen molar-refractivity contribution in [3.05, 3.63) is 65.5 Å². The Balaban J connectivity index is 1.77. The molecule has 0 radical (unpaired) electrons. The van der Waals surface area contributed by atoms with E-state index in [2.05, 4.69) is 15.3 Å². The van der Waals surface area contributed by atoms with Gasteiger partial charge in [0.15, 0.2) is 17.5 Å². The summed E-state index contributed by atoms with van der Waals surface area (Å²) in [5.41, 5.74) is 0.731. The number of hydrogen-bond acceptors (Lipinski definition) is 3. The summed E-state index contributed by atoms with van der Waals surface area (Å²) >= 11 is 0. The molecule has 118 valence electrons. The zero-order chi connectivity index (χ0) is 16.4. The lowest BCUT2D eigenvalue weighted by Gasteiger charge is -2.09. The number of aromatic nitrogens is 2. The smallest absolute Gasteiger partial charge is 0.194 e. The van der Waals surface area contributed by atoms with Gasteiger partial charge in [-0.25, -0.2) is 27.5 Å². The van der Waals surface area contributed by atoms with Gasteiger partial charge in [-0.2, -0.15) is 0 Å². The average molecular weight is 321 g/mol. The van der Waals surface area contributed by atoms with Crippen LogP contribution in [0.3, 0.4) is 0 Å². The Hall–Kier alpha value is -2.70. The SMILES string of the molecule is Fc1cc(CCNc2ncnc3cccc(F)c23)cc(F)c1F. The summed E-state index contributed by atoms with van der Waals surface area (Å²) in [5, 5.41) is 3.14. The van der Waals surface area contributed by atoms with Crippen LogP contribution in [0.15, 0.2) is 36.7 Å². The number of halogens is 4. The van der Waals surface area contributed by atoms with Crippen molar-refractivity contribution in [2.75, 3.05) is 11.9 Å². The molecular weight excluding hydrogens is 310 g/mol. The molecule has 0 fully saturated rings. The van der Waals surface area contributed by atoms with Crippen LogP contribution in [0.1, 0.15) is 5.56 Å². The van der Waals surface area contributed by atoms with Crippen LogP contribution in [-0.2, 0) is 6.42 Å². The molecule has 0 aliphatic rings. The molecule has 0 saturated carbocycles. The number of nitrogens with one attached hydrogen (secondary N) is 1. The van der Waals surface area contributed by atoms with Gasteiger partial charge in [0.1, 0.15) is 18.0 Å². The van der Waals surface area contributed by atoms with Gasteiger partial charge in [-0.05, 0) is 36.2 Å². The first-order valence-electron chi connectivity index (χ1n) is 6.83. The van der Waals surface area contributed by atoms with Crippen molar-refractivity contribution in [3.63, 3.8) is 0 Å². The highest BCUT2D eigenvalue weighted by atomic mass is 19.2. The molecule has 0 amide bonds. The van der Waals surface area contributed by atoms with Crippen molar-refractivity contribution >= 4 is 16.7 Å². The highest BCUT2D eigenvalue weighted by Crippen LogP contribution is 2.22. The van der Waals surface area contributed by atoms with E-state index in [0.29, 0.717) is 5.52 Å². The molecule has 3 aromatic rings. The standard InChI is InChI=1S/C16H11F4N3/c17-10-2-1-3-13-14(10)16(23-8-22-13)21-5-4-9-6-11(18)15(20)12(19)7-9/h1-3,6-8H,4-5H2,(H,21,22,23). The Morgan fingerprint density at radius 1 is 0.913 bits per heavy atom. The van der Waals surface area contributed by atoms with Gasteiger partial charge in [-0.15, -0.1) is 0 Å². The van der Waals surface area contributed by atoms with E-state index in [9.17, 15) is 17.6 Å². The van der Waals surface area contributed by atoms with E-state index in [1.165, 1.54) is 12.4 Å². The van der Waals surface area contributed by atoms with Crippen LogP contribution >= 0.6 is 0 Å². The summed E-state index contributed by atoms with van der Waals surface area (Å²) in [6.07, 6.45) is 1.51. The van der Waals surface area contributed by atoms with E-state index in [1.54, 1.807) is 12.1 Å². The molecule has 0 aliphatic heterocycles. The molecule has 0 atom stereocenters. The summed E-state index contributed by atoms with van der Waals surface area (Å²) in [7, 11) is 0. The molecule has 7 heteroatoms. The summed E-state index contributed by atoms with van der Waals surface area (Å²) < 4.78 is 53.1. The summed E-state index contributed by atoms with van der Waals surface area (Å²) in [5.74, 6) is -4.15. The number of rotatable bonds is 4. The fourth-order valence-corrected chi connectivity index (χ4v) is 2.28. The lowest BCUT2D eigenvalue weighted by atomic mass is 10.1. The summed E-state index contributed by atoms with van der Waals surface area (Å²) in [6, 6.07) is 6.34. The highest BCUT2D eigenvalue weighted by molar-refractivity contribution is 5.89. The van der Waals surface area contributed by atoms with Gasteiger partial charge in [0.05, 0.1) is 10.9 Å². The van der Waals surface area contributed by atoms with Crippen molar-refractivity contribution < 1.29 is 17.6 Å². The Morgan fingerprint density at radius 3 is 2.39 bits per heavy atom. The molecule has 2 aromatic carbocycles. The predicted molar refractivity (Wildman–Crippen MR) is 78.0 cm³/mol. The maximum absolute atomic E-state index is 13.9. The van der Waals surface area contributed by atoms with Crippen LogP contribution in [0.4, 0.5) is 23.4 Å². The number of fused-ring (bicyclic) bond motifs is 1. The zero-order valence-corrected chi connectivity index (χ0v) is 11.8. The van der Waals surface area contributed by atoms with Gasteiger partial charge in [0.25, 0.3) is 0 Å². The molecule has 0 saturated heterocycles. The number of benzene rings is 2. The maximum Gasteiger partial charge on any atom is 0.194 e. The zero-order valence-electron chi connectivity index (χ0n) is 11.8. The average Bonchev–Trinajstić information content (AvgIpc) is 2.53. The second-order valence-corrected chi connectivity index (χ2v) is 4.91. The molecule has 1 N–H and O–H groups in total. The Morgan fingerprint density at radius 2 is 1.65 bits per heavy atom. The second-order valence-electron chi connectivity index (χ2n) is 4.91. The molecule has 0 unspecified atom stereocenters. The van der Waals surface area contributed by atoms with Crippen LogP contribution in [0.25, 0.3) is 10.9 Å². The minimum Gasteiger partial charge on any atom is -0.369 e. The minimum atomic E-state index is -1.49. The molecular formula is C16H11F4N3. The first-order valence-corrected chi connectivity index (χ1v) is 6.83. The van der Waals surface area contributed by atoms with Gasteiger partial charge in [-0.1, -0.05) is 6.07 Å². The maximum atomic E-state index is 13.9. The van der Waals surface area contributed by atoms with E-state index in [0.717, 1.165) is 12.1 Å². The second kappa shape index (κ2) is 6.20. The molecule has 1 heterocycles. The van der Waals surface area contributed by atoms with Gasteiger partial charge in [0.2, 0.25) is 0 Å². The molecule has 0 bridgehead atoms. The lowest BCUT2D eigenvalue weighted by Crippen LogP contribution is -2.08. The van der Waals surface area contributed by atoms with Crippen LogP contribution in [0.2, 0.25) is 0 Å². The fourth-order valence-electron chi connectivity index (χ4n) is 2.28. The Labute approximate surface area is 129 Å². The lowest BCUT2D eigenvalue weighted by molar-refractivity contribution is 0.445. The van der Waals surface area contributed by atoms with E-state index in [4.69, 9.17) is 0 Å². The molecule has 0 spiro atoms. The Bertz CT molecular complexity index is 839. The molecule has 3 nitrogen and oxygen atoms in total. The summed E-state index contributed by atoms with van der Waals surface area (Å²) in [4.78, 5) is 7.95. The number of nitrogens with zero attached hydrogens (tertiary/aromatic N) is 2. The van der Waals surface area contributed by atoms with Crippen LogP contribution < -0.4 is 5.32 Å². The molecule has 1 aromatic heterocycles. The molecule has 0 aliphatic carbocycles. The molecule has 23 heavy (non-hydrogen) atoms. The minimum absolute atomic E-state index is 0.216. The molecule has 3 rings (SSSR count). The van der Waals surface area contributed by atoms with Crippen molar-refractivity contribution in [1.29, 1.82) is 0 Å². The summed E-state index contributed by atoms with van der Waals surface area (Å²) in [6.45, 7) is 0.241. The van der Waals surface area contributed by atoms with E-state index < -0.39 is 23.3 Å². The normalized spacial score (nSPS) is 11.0. The van der Waals surface area contributed by atoms with Gasteiger partial charge >= 0.3 is 0 Å². The third kappa shape index (κ3) is 3.08. The number of anilines is 1. The van der Waals surface area contributed by atoms with Crippen LogP contribution in [0, 0.1) is 23.3 Å². The predicted octanol–water partition coefficient (Wildman–Crippen LogP) is 3.84. The van der Waals surface area contributed by atoms with Crippen molar-refractivity contribution in [2.45, 2.75) is 6.42 Å². The Kier molecular flexibility index (Phi) is 4.10. The van der Waals surface area contributed by atoms with Gasteiger partial charge in [-0.3, -0.25) is 0 Å². The van der Waals surface area contributed by atoms with Crippen molar-refractivity contribution in [3.8, 4) is 0 Å². The van der Waals surface area contributed by atoms with E-state index >= 15 is 0 Å². The van der Waals surface area contributed by atoms with Crippen molar-refractivity contribution in [2.24, 2.45) is 0 Å². The quantitative estimate of drug-likeness (QED) is 0.586. The third-order valence-electron chi connectivity index (χ3n) is 3.36. The fraction of sp³-hybridized carbons (Fsp3) is 0.125. The van der Waals surface area contributed by atoms with Crippen molar-refractivity contribution in [1.82, 2.24) is 9.97 Å². The monoisotopic (exact) mass is 321 g/mol.